The van der Waals surface area contributed by atoms with Crippen LogP contribution in [0.2, 0.25) is 0 Å². The largest absolute Gasteiger partial charge is 0.496 e. The summed E-state index contributed by atoms with van der Waals surface area (Å²) < 4.78 is 10.9. The maximum absolute atomic E-state index is 12.6. The molecule has 1 heterocycles. The highest BCUT2D eigenvalue weighted by Gasteiger charge is 2.14. The zero-order valence-electron chi connectivity index (χ0n) is 20.1. The van der Waals surface area contributed by atoms with E-state index in [1.807, 2.05) is 18.2 Å². The lowest BCUT2D eigenvalue weighted by Crippen LogP contribution is -2.34. The number of rotatable bonds is 11. The third-order valence-corrected chi connectivity index (χ3v) is 5.15. The van der Waals surface area contributed by atoms with Gasteiger partial charge in [0.2, 0.25) is 0 Å². The van der Waals surface area contributed by atoms with Crippen molar-refractivity contribution in [1.82, 2.24) is 20.2 Å². The second kappa shape index (κ2) is 12.9. The van der Waals surface area contributed by atoms with Crippen LogP contribution in [0.15, 0.2) is 60.9 Å². The van der Waals surface area contributed by atoms with Crippen LogP contribution in [0, 0.1) is 0 Å². The molecule has 3 N–H and O–H groups in total. The molecule has 0 saturated heterocycles. The summed E-state index contributed by atoms with van der Waals surface area (Å²) in [7, 11) is 1.47. The van der Waals surface area contributed by atoms with Crippen molar-refractivity contribution in [3.8, 4) is 17.5 Å². The molecule has 10 heteroatoms. The molecular weight excluding hydrogens is 448 g/mol. The number of para-hydroxylation sites is 1. The molecular formula is C25H30N6O4. The lowest BCUT2D eigenvalue weighted by atomic mass is 10.1. The van der Waals surface area contributed by atoms with Gasteiger partial charge in [-0.15, -0.1) is 0 Å². The quantitative estimate of drug-likeness (QED) is 0.381. The minimum absolute atomic E-state index is 0.165. The van der Waals surface area contributed by atoms with Gasteiger partial charge in [-0.25, -0.2) is 14.8 Å². The van der Waals surface area contributed by atoms with Gasteiger partial charge in [-0.1, -0.05) is 32.0 Å². The Bertz CT molecular complexity index is 1100. The minimum Gasteiger partial charge on any atom is -0.496 e. The zero-order valence-corrected chi connectivity index (χ0v) is 20.1. The second-order valence-corrected chi connectivity index (χ2v) is 7.45. The molecule has 0 atom stereocenters. The smallest absolute Gasteiger partial charge is 0.323 e. The van der Waals surface area contributed by atoms with Crippen molar-refractivity contribution >= 4 is 23.3 Å². The number of urea groups is 1. The number of hydrogen-bond acceptors (Lipinski definition) is 7. The Morgan fingerprint density at radius 3 is 2.29 bits per heavy atom. The van der Waals surface area contributed by atoms with Gasteiger partial charge < -0.3 is 30.3 Å². The number of methoxy groups -OCH3 is 1. The molecule has 10 nitrogen and oxygen atoms in total. The summed E-state index contributed by atoms with van der Waals surface area (Å²) in [5.74, 6) is 0.731. The highest BCUT2D eigenvalue weighted by Crippen LogP contribution is 2.23. The second-order valence-electron chi connectivity index (χ2n) is 7.45. The van der Waals surface area contributed by atoms with Crippen LogP contribution in [0.1, 0.15) is 24.2 Å². The van der Waals surface area contributed by atoms with E-state index < -0.39 is 6.03 Å². The van der Waals surface area contributed by atoms with E-state index in [1.54, 1.807) is 30.3 Å². The van der Waals surface area contributed by atoms with Crippen LogP contribution in [0.5, 0.6) is 17.5 Å². The molecule has 0 radical (unpaired) electrons. The normalized spacial score (nSPS) is 10.5. The highest BCUT2D eigenvalue weighted by molar-refractivity contribution is 6.01. The molecule has 3 aromatic rings. The van der Waals surface area contributed by atoms with Crippen LogP contribution < -0.4 is 25.4 Å². The first kappa shape index (κ1) is 25.4. The van der Waals surface area contributed by atoms with Crippen LogP contribution in [0.4, 0.5) is 16.2 Å². The van der Waals surface area contributed by atoms with E-state index >= 15 is 0 Å². The number of benzene rings is 2. The molecule has 1 aromatic heterocycles. The topological polar surface area (TPSA) is 118 Å². The van der Waals surface area contributed by atoms with Crippen molar-refractivity contribution in [2.24, 2.45) is 0 Å². The molecule has 0 unspecified atom stereocenters. The summed E-state index contributed by atoms with van der Waals surface area (Å²) in [5.41, 5.74) is 1.24. The van der Waals surface area contributed by atoms with Crippen LogP contribution >= 0.6 is 0 Å². The van der Waals surface area contributed by atoms with Gasteiger partial charge in [0.05, 0.1) is 30.8 Å². The molecule has 2 aromatic carbocycles. The predicted octanol–water partition coefficient (Wildman–Crippen LogP) is 3.99. The lowest BCUT2D eigenvalue weighted by Gasteiger charge is -2.18. The Hall–Kier alpha value is -4.18. The van der Waals surface area contributed by atoms with E-state index in [9.17, 15) is 9.59 Å². The summed E-state index contributed by atoms with van der Waals surface area (Å²) in [6.45, 7) is 7.32. The van der Waals surface area contributed by atoms with E-state index in [0.29, 0.717) is 35.0 Å². The number of anilines is 2. The molecule has 0 saturated carbocycles. The fraction of sp³-hybridized carbons (Fsp3) is 0.280. The summed E-state index contributed by atoms with van der Waals surface area (Å²) in [6, 6.07) is 13.7. The van der Waals surface area contributed by atoms with Crippen molar-refractivity contribution in [2.45, 2.75) is 13.8 Å². The van der Waals surface area contributed by atoms with Crippen molar-refractivity contribution in [3.63, 3.8) is 0 Å². The minimum atomic E-state index is -0.496. The van der Waals surface area contributed by atoms with Crippen LogP contribution in [-0.4, -0.2) is 60.1 Å². The van der Waals surface area contributed by atoms with Gasteiger partial charge in [0, 0.05) is 24.8 Å². The maximum atomic E-state index is 12.6. The Kier molecular flexibility index (Phi) is 9.38. The van der Waals surface area contributed by atoms with Crippen molar-refractivity contribution in [3.05, 3.63) is 66.5 Å². The third-order valence-electron chi connectivity index (χ3n) is 5.15. The average molecular weight is 479 g/mol. The van der Waals surface area contributed by atoms with Gasteiger partial charge in [-0.2, -0.15) is 0 Å². The summed E-state index contributed by atoms with van der Waals surface area (Å²) >= 11 is 0. The number of likely N-dealkylation sites (N-methyl/N-ethyl adjacent to an activating group) is 1. The molecule has 0 aliphatic rings. The van der Waals surface area contributed by atoms with Crippen LogP contribution in [0.25, 0.3) is 0 Å². The molecule has 3 amide bonds. The molecule has 0 aliphatic carbocycles. The number of hydrogen-bond donors (Lipinski definition) is 3. The Morgan fingerprint density at radius 2 is 1.63 bits per heavy atom. The Morgan fingerprint density at radius 1 is 0.943 bits per heavy atom. The standard InChI is InChI=1S/C25H30N6O4/c1-4-31(5-2)14-13-26-23(32)21-12-11-18(15-22(21)34-3)29-24(33)30-19-16-27-25(28-17-19)35-20-9-7-6-8-10-20/h6-12,15-17H,4-5,13-14H2,1-3H3,(H,26,32)(H2,29,30,33). The summed E-state index contributed by atoms with van der Waals surface area (Å²) in [5, 5.41) is 8.26. The lowest BCUT2D eigenvalue weighted by molar-refractivity contribution is 0.0946. The SMILES string of the molecule is CCN(CC)CCNC(=O)c1ccc(NC(=O)Nc2cnc(Oc3ccccc3)nc2)cc1OC. The molecule has 0 spiro atoms. The average Bonchev–Trinajstić information content (AvgIpc) is 2.88. The monoisotopic (exact) mass is 478 g/mol. The number of ether oxygens (including phenoxy) is 2. The first-order chi connectivity index (χ1) is 17.0. The fourth-order valence-corrected chi connectivity index (χ4v) is 3.24. The maximum Gasteiger partial charge on any atom is 0.323 e. The van der Waals surface area contributed by atoms with Gasteiger partial charge in [0.1, 0.15) is 11.5 Å². The van der Waals surface area contributed by atoms with Crippen molar-refractivity contribution < 1.29 is 19.1 Å². The molecule has 0 fully saturated rings. The fourth-order valence-electron chi connectivity index (χ4n) is 3.24. The molecule has 0 aliphatic heterocycles. The van der Waals surface area contributed by atoms with E-state index in [4.69, 9.17) is 9.47 Å². The summed E-state index contributed by atoms with van der Waals surface area (Å²) in [4.78, 5) is 35.4. The molecule has 3 rings (SSSR count). The van der Waals surface area contributed by atoms with Gasteiger partial charge in [-0.3, -0.25) is 4.79 Å². The third kappa shape index (κ3) is 7.68. The highest BCUT2D eigenvalue weighted by atomic mass is 16.5. The number of carbonyl (C=O) groups excluding carboxylic acids is 2. The first-order valence-corrected chi connectivity index (χ1v) is 11.3. The van der Waals surface area contributed by atoms with E-state index in [2.05, 4.69) is 44.7 Å². The summed E-state index contributed by atoms with van der Waals surface area (Å²) in [6.07, 6.45) is 2.88. The Balaban J connectivity index is 1.54. The van der Waals surface area contributed by atoms with E-state index in [-0.39, 0.29) is 11.9 Å². The molecule has 184 valence electrons. The number of amides is 3. The zero-order chi connectivity index (χ0) is 25.0. The van der Waals surface area contributed by atoms with Gasteiger partial charge in [0.25, 0.3) is 5.91 Å². The van der Waals surface area contributed by atoms with Gasteiger partial charge in [-0.05, 0) is 37.4 Å². The number of nitrogens with zero attached hydrogens (tertiary/aromatic N) is 3. The van der Waals surface area contributed by atoms with Gasteiger partial charge >= 0.3 is 12.0 Å². The van der Waals surface area contributed by atoms with Crippen LogP contribution in [-0.2, 0) is 0 Å². The van der Waals surface area contributed by atoms with Gasteiger partial charge in [0.15, 0.2) is 0 Å². The molecule has 35 heavy (non-hydrogen) atoms. The van der Waals surface area contributed by atoms with E-state index in [1.165, 1.54) is 19.5 Å². The predicted molar refractivity (Wildman–Crippen MR) is 134 cm³/mol. The van der Waals surface area contributed by atoms with Crippen molar-refractivity contribution in [2.75, 3.05) is 43.9 Å². The Labute approximate surface area is 204 Å². The van der Waals surface area contributed by atoms with E-state index in [0.717, 1.165) is 19.6 Å². The van der Waals surface area contributed by atoms with Crippen molar-refractivity contribution in [1.29, 1.82) is 0 Å². The number of aromatic nitrogens is 2. The van der Waals surface area contributed by atoms with Crippen LogP contribution in [0.3, 0.4) is 0 Å². The molecule has 0 bridgehead atoms. The number of carbonyl (C=O) groups is 2. The number of nitrogens with one attached hydrogen (secondary N) is 3. The first-order valence-electron chi connectivity index (χ1n) is 11.3.